The van der Waals surface area contributed by atoms with Crippen LogP contribution in [0.25, 0.3) is 0 Å². The van der Waals surface area contributed by atoms with Gasteiger partial charge in [0.1, 0.15) is 5.82 Å². The lowest BCUT2D eigenvalue weighted by Gasteiger charge is -2.14. The molecule has 0 saturated carbocycles. The number of thiophene rings is 1. The molecule has 0 fully saturated rings. The highest BCUT2D eigenvalue weighted by atomic mass is 32.1. The molecule has 1 heterocycles. The number of nitrogens with one attached hydrogen (secondary N) is 1. The zero-order chi connectivity index (χ0) is 15.6. The molecule has 112 valence electrons. The van der Waals surface area contributed by atoms with Crippen molar-refractivity contribution in [3.05, 3.63) is 57.5 Å². The predicted octanol–water partition coefficient (Wildman–Crippen LogP) is 4.40. The first-order valence-electron chi connectivity index (χ1n) is 6.00. The molecule has 2 rings (SSSR count). The highest BCUT2D eigenvalue weighted by Gasteiger charge is 2.34. The monoisotopic (exact) mass is 317 g/mol. The number of rotatable bonds is 3. The second-order valence-corrected chi connectivity index (χ2v) is 5.38. The maximum Gasteiger partial charge on any atom is 0.419 e. The van der Waals surface area contributed by atoms with Crippen molar-refractivity contribution < 1.29 is 22.4 Å². The fraction of sp³-hybridized carbons (Fsp3) is 0.214. The Morgan fingerprint density at radius 1 is 1.29 bits per heavy atom. The first kappa shape index (κ1) is 15.5. The Balaban J connectivity index is 2.20. The highest BCUT2D eigenvalue weighted by Crippen LogP contribution is 2.32. The van der Waals surface area contributed by atoms with Gasteiger partial charge in [0.15, 0.2) is 0 Å². The summed E-state index contributed by atoms with van der Waals surface area (Å²) in [5, 5.41) is 4.41. The molecule has 1 aromatic carbocycles. The number of amides is 1. The topological polar surface area (TPSA) is 29.1 Å². The smallest absolute Gasteiger partial charge is 0.345 e. The van der Waals surface area contributed by atoms with Crippen LogP contribution in [0.2, 0.25) is 0 Å². The minimum atomic E-state index is -4.83. The van der Waals surface area contributed by atoms with Crippen molar-refractivity contribution >= 4 is 17.2 Å². The van der Waals surface area contributed by atoms with Crippen LogP contribution in [0.5, 0.6) is 0 Å². The van der Waals surface area contributed by atoms with Crippen molar-refractivity contribution in [1.29, 1.82) is 0 Å². The average molecular weight is 317 g/mol. The van der Waals surface area contributed by atoms with Gasteiger partial charge in [0, 0.05) is 10.4 Å². The van der Waals surface area contributed by atoms with E-state index in [9.17, 15) is 22.4 Å². The van der Waals surface area contributed by atoms with Gasteiger partial charge in [-0.05, 0) is 36.6 Å². The van der Waals surface area contributed by atoms with Gasteiger partial charge in [-0.3, -0.25) is 4.79 Å². The van der Waals surface area contributed by atoms with E-state index in [0.29, 0.717) is 12.1 Å². The summed E-state index contributed by atoms with van der Waals surface area (Å²) >= 11 is 1.42. The summed E-state index contributed by atoms with van der Waals surface area (Å²) < 4.78 is 51.0. The van der Waals surface area contributed by atoms with Crippen LogP contribution >= 0.6 is 11.3 Å². The number of hydrogen-bond acceptors (Lipinski definition) is 2. The van der Waals surface area contributed by atoms with E-state index in [1.165, 1.54) is 11.3 Å². The zero-order valence-electron chi connectivity index (χ0n) is 10.9. The third kappa shape index (κ3) is 3.60. The Bertz CT molecular complexity index is 637. The van der Waals surface area contributed by atoms with Gasteiger partial charge in [-0.1, -0.05) is 6.07 Å². The molecule has 1 unspecified atom stereocenters. The van der Waals surface area contributed by atoms with Gasteiger partial charge in [0.2, 0.25) is 0 Å². The molecule has 1 N–H and O–H groups in total. The zero-order valence-corrected chi connectivity index (χ0v) is 11.7. The molecule has 21 heavy (non-hydrogen) atoms. The van der Waals surface area contributed by atoms with Crippen LogP contribution in [0.15, 0.2) is 35.7 Å². The largest absolute Gasteiger partial charge is 0.419 e. The number of halogens is 4. The van der Waals surface area contributed by atoms with Crippen molar-refractivity contribution in [2.75, 3.05) is 0 Å². The Kier molecular flexibility index (Phi) is 4.32. The van der Waals surface area contributed by atoms with Gasteiger partial charge in [-0.15, -0.1) is 11.3 Å². The molecule has 7 heteroatoms. The van der Waals surface area contributed by atoms with Crippen molar-refractivity contribution in [1.82, 2.24) is 5.32 Å². The van der Waals surface area contributed by atoms with Crippen LogP contribution in [0, 0.1) is 5.82 Å². The van der Waals surface area contributed by atoms with E-state index < -0.39 is 23.5 Å². The Hall–Kier alpha value is -1.89. The summed E-state index contributed by atoms with van der Waals surface area (Å²) in [7, 11) is 0. The highest BCUT2D eigenvalue weighted by molar-refractivity contribution is 7.10. The maximum absolute atomic E-state index is 13.2. The fourth-order valence-electron chi connectivity index (χ4n) is 1.77. The summed E-state index contributed by atoms with van der Waals surface area (Å²) in [5.41, 5.74) is -1.67. The summed E-state index contributed by atoms with van der Waals surface area (Å²) in [6, 6.07) is 5.47. The van der Waals surface area contributed by atoms with E-state index >= 15 is 0 Å². The Morgan fingerprint density at radius 2 is 2.00 bits per heavy atom. The Morgan fingerprint density at radius 3 is 2.57 bits per heavy atom. The quantitative estimate of drug-likeness (QED) is 0.836. The van der Waals surface area contributed by atoms with Crippen LogP contribution in [-0.2, 0) is 6.18 Å². The molecule has 2 nitrogen and oxygen atoms in total. The lowest BCUT2D eigenvalue weighted by atomic mass is 10.1. The lowest BCUT2D eigenvalue weighted by Crippen LogP contribution is -2.26. The second kappa shape index (κ2) is 5.85. The van der Waals surface area contributed by atoms with Gasteiger partial charge in [0.05, 0.1) is 11.6 Å². The van der Waals surface area contributed by atoms with Crippen LogP contribution in [0.4, 0.5) is 17.6 Å². The van der Waals surface area contributed by atoms with Gasteiger partial charge in [-0.25, -0.2) is 4.39 Å². The van der Waals surface area contributed by atoms with Crippen molar-refractivity contribution in [3.63, 3.8) is 0 Å². The minimum Gasteiger partial charge on any atom is -0.345 e. The molecule has 1 amide bonds. The molecule has 0 radical (unpaired) electrons. The third-order valence-corrected chi connectivity index (χ3v) is 3.91. The molecule has 2 aromatic rings. The van der Waals surface area contributed by atoms with E-state index in [2.05, 4.69) is 5.32 Å². The van der Waals surface area contributed by atoms with Gasteiger partial charge in [0.25, 0.3) is 5.91 Å². The summed E-state index contributed by atoms with van der Waals surface area (Å²) in [6.45, 7) is 1.72. The molecule has 0 aliphatic carbocycles. The molecule has 1 atom stereocenters. The first-order valence-corrected chi connectivity index (χ1v) is 6.88. The minimum absolute atomic E-state index is 0.230. The Labute approximate surface area is 122 Å². The van der Waals surface area contributed by atoms with Gasteiger partial charge >= 0.3 is 6.18 Å². The van der Waals surface area contributed by atoms with E-state index in [1.54, 1.807) is 13.0 Å². The molecule has 0 saturated heterocycles. The van der Waals surface area contributed by atoms with Crippen molar-refractivity contribution in [2.45, 2.75) is 19.1 Å². The molecular formula is C14H11F4NOS. The number of carbonyl (C=O) groups excluding carboxylic acids is 1. The predicted molar refractivity (Wildman–Crippen MR) is 71.6 cm³/mol. The van der Waals surface area contributed by atoms with Crippen LogP contribution < -0.4 is 5.32 Å². The molecular weight excluding hydrogens is 306 g/mol. The summed E-state index contributed by atoms with van der Waals surface area (Å²) in [4.78, 5) is 12.8. The molecule has 0 aliphatic rings. The number of alkyl halides is 3. The van der Waals surface area contributed by atoms with Crippen molar-refractivity contribution in [3.8, 4) is 0 Å². The standard InChI is InChI=1S/C14H11F4NOS/c1-8(12-3-2-6-21-12)19-13(20)9-4-5-11(15)10(7-9)14(16,17)18/h2-8H,1H3,(H,19,20). The molecule has 0 bridgehead atoms. The van der Waals surface area contributed by atoms with Gasteiger partial charge in [-0.2, -0.15) is 13.2 Å². The van der Waals surface area contributed by atoms with E-state index in [-0.39, 0.29) is 11.6 Å². The number of hydrogen-bond donors (Lipinski definition) is 1. The summed E-state index contributed by atoms with van der Waals surface area (Å²) in [6.07, 6.45) is -4.83. The number of carbonyl (C=O) groups is 1. The van der Waals surface area contributed by atoms with Crippen LogP contribution in [-0.4, -0.2) is 5.91 Å². The second-order valence-electron chi connectivity index (χ2n) is 4.40. The maximum atomic E-state index is 13.2. The molecule has 1 aromatic heterocycles. The summed E-state index contributed by atoms with van der Waals surface area (Å²) in [5.74, 6) is -2.08. The van der Waals surface area contributed by atoms with Crippen LogP contribution in [0.1, 0.15) is 33.8 Å². The first-order chi connectivity index (χ1) is 9.79. The van der Waals surface area contributed by atoms with Gasteiger partial charge < -0.3 is 5.32 Å². The lowest BCUT2D eigenvalue weighted by molar-refractivity contribution is -0.140. The van der Waals surface area contributed by atoms with Crippen molar-refractivity contribution in [2.24, 2.45) is 0 Å². The van der Waals surface area contributed by atoms with Crippen LogP contribution in [0.3, 0.4) is 0 Å². The van der Waals surface area contributed by atoms with E-state index in [0.717, 1.165) is 10.9 Å². The van der Waals surface area contributed by atoms with E-state index in [4.69, 9.17) is 0 Å². The number of benzene rings is 1. The SMILES string of the molecule is CC(NC(=O)c1ccc(F)c(C(F)(F)F)c1)c1cccs1. The fourth-order valence-corrected chi connectivity index (χ4v) is 2.51. The normalized spacial score (nSPS) is 13.0. The third-order valence-electron chi connectivity index (χ3n) is 2.85. The molecule has 0 spiro atoms. The van der Waals surface area contributed by atoms with E-state index in [1.807, 2.05) is 11.4 Å². The average Bonchev–Trinajstić information content (AvgIpc) is 2.91. The molecule has 0 aliphatic heterocycles.